The molecule has 2 amide bonds. The highest BCUT2D eigenvalue weighted by Crippen LogP contribution is 2.31. The fourth-order valence-corrected chi connectivity index (χ4v) is 4.28. The Labute approximate surface area is 195 Å². The maximum Gasteiger partial charge on any atom is 0.294 e. The van der Waals surface area contributed by atoms with Gasteiger partial charge in [-0.3, -0.25) is 23.9 Å². The molecule has 1 atom stereocenters. The Morgan fingerprint density at radius 2 is 2.09 bits per heavy atom. The van der Waals surface area contributed by atoms with E-state index in [1.54, 1.807) is 24.5 Å². The number of hydrogen-bond donors (Lipinski definition) is 3. The number of carbonyl (C=O) groups is 2. The Hall–Kier alpha value is -4.21. The lowest BCUT2D eigenvalue weighted by Gasteiger charge is -2.21. The van der Waals surface area contributed by atoms with Gasteiger partial charge in [-0.05, 0) is 31.0 Å². The molecule has 0 fully saturated rings. The maximum absolute atomic E-state index is 13.1. The number of carbonyl (C=O) groups excluding carboxylic acids is 2. The highest BCUT2D eigenvalue weighted by Gasteiger charge is 2.31. The van der Waals surface area contributed by atoms with Gasteiger partial charge in [0, 0.05) is 48.9 Å². The number of nitrogens with one attached hydrogen (secondary N) is 3. The van der Waals surface area contributed by atoms with E-state index in [9.17, 15) is 14.4 Å². The lowest BCUT2D eigenvalue weighted by Crippen LogP contribution is -2.36. The number of aryl methyl sites for hydroxylation is 1. The van der Waals surface area contributed by atoms with Gasteiger partial charge in [0.05, 0.1) is 5.69 Å². The lowest BCUT2D eigenvalue weighted by molar-refractivity contribution is -0.124. The number of benzene rings is 1. The van der Waals surface area contributed by atoms with Crippen LogP contribution in [0.1, 0.15) is 29.4 Å². The second-order valence-corrected chi connectivity index (χ2v) is 8.17. The van der Waals surface area contributed by atoms with E-state index in [2.05, 4.69) is 25.9 Å². The predicted octanol–water partition coefficient (Wildman–Crippen LogP) is 1.43. The minimum absolute atomic E-state index is 0.0630. The summed E-state index contributed by atoms with van der Waals surface area (Å²) < 4.78 is 7.08. The van der Waals surface area contributed by atoms with Gasteiger partial charge in [0.2, 0.25) is 5.91 Å². The van der Waals surface area contributed by atoms with E-state index in [1.807, 2.05) is 24.3 Å². The van der Waals surface area contributed by atoms with Crippen molar-refractivity contribution in [1.29, 1.82) is 0 Å². The van der Waals surface area contributed by atoms with Crippen molar-refractivity contribution in [1.82, 2.24) is 19.9 Å². The number of pyridine rings is 1. The predicted molar refractivity (Wildman–Crippen MR) is 125 cm³/mol. The van der Waals surface area contributed by atoms with Crippen molar-refractivity contribution in [2.75, 3.05) is 23.8 Å². The zero-order valence-electron chi connectivity index (χ0n) is 18.4. The zero-order valence-corrected chi connectivity index (χ0v) is 18.4. The van der Waals surface area contributed by atoms with Crippen LogP contribution >= 0.6 is 0 Å². The molecule has 0 aliphatic carbocycles. The van der Waals surface area contributed by atoms with Crippen molar-refractivity contribution in [2.45, 2.75) is 31.8 Å². The fraction of sp³-hybridized carbons (Fsp3) is 0.292. The summed E-state index contributed by atoms with van der Waals surface area (Å²) in [6.07, 6.45) is 5.16. The zero-order chi connectivity index (χ0) is 23.5. The van der Waals surface area contributed by atoms with Gasteiger partial charge < -0.3 is 20.7 Å². The molecule has 4 heterocycles. The summed E-state index contributed by atoms with van der Waals surface area (Å²) in [6, 6.07) is 10.5. The van der Waals surface area contributed by atoms with Crippen LogP contribution in [0.3, 0.4) is 0 Å². The first kappa shape index (κ1) is 21.6. The third-order valence-electron chi connectivity index (χ3n) is 5.93. The summed E-state index contributed by atoms with van der Waals surface area (Å²) in [7, 11) is 0. The van der Waals surface area contributed by atoms with Gasteiger partial charge in [-0.15, -0.1) is 0 Å². The van der Waals surface area contributed by atoms with Crippen LogP contribution in [0, 0.1) is 0 Å². The van der Waals surface area contributed by atoms with Crippen LogP contribution < -0.4 is 26.2 Å². The first-order chi connectivity index (χ1) is 16.6. The molecule has 2 aliphatic rings. The molecule has 174 valence electrons. The molecule has 10 heteroatoms. The standard InChI is InChI=1S/C24H24N6O4/c31-20-14-34-21-15(4-3-6-18(21)29-20)12-28-23(32)19-8-7-17-13-27-22(24(33)30(17)19)26-11-9-16-5-1-2-10-25-16/h1-6,10,13,19H,7-9,11-12,14H2,(H,26,27)(H,28,32)(H,29,31)/t19-/m0/s1. The molecule has 10 nitrogen and oxygen atoms in total. The summed E-state index contributed by atoms with van der Waals surface area (Å²) in [5, 5.41) is 8.75. The summed E-state index contributed by atoms with van der Waals surface area (Å²) in [4.78, 5) is 46.2. The Morgan fingerprint density at radius 3 is 2.94 bits per heavy atom. The van der Waals surface area contributed by atoms with E-state index >= 15 is 0 Å². The Kier molecular flexibility index (Phi) is 5.94. The number of hydrogen-bond acceptors (Lipinski definition) is 7. The van der Waals surface area contributed by atoms with Gasteiger partial charge >= 0.3 is 0 Å². The van der Waals surface area contributed by atoms with Crippen molar-refractivity contribution < 1.29 is 14.3 Å². The topological polar surface area (TPSA) is 127 Å². The molecule has 1 aromatic carbocycles. The highest BCUT2D eigenvalue weighted by atomic mass is 16.5. The molecular formula is C24H24N6O4. The smallest absolute Gasteiger partial charge is 0.294 e. The van der Waals surface area contributed by atoms with Crippen LogP contribution in [0.4, 0.5) is 11.5 Å². The molecule has 0 spiro atoms. The Bertz CT molecular complexity index is 1290. The number of nitrogens with zero attached hydrogens (tertiary/aromatic N) is 3. The first-order valence-electron chi connectivity index (χ1n) is 11.2. The molecule has 3 aromatic rings. The number of aromatic nitrogens is 3. The average molecular weight is 460 g/mol. The Balaban J connectivity index is 1.26. The molecular weight excluding hydrogens is 436 g/mol. The molecule has 2 aliphatic heterocycles. The fourth-order valence-electron chi connectivity index (χ4n) is 4.28. The van der Waals surface area contributed by atoms with Crippen LogP contribution in [-0.2, 0) is 29.0 Å². The van der Waals surface area contributed by atoms with Gasteiger partial charge in [0.15, 0.2) is 12.4 Å². The van der Waals surface area contributed by atoms with E-state index in [1.165, 1.54) is 4.57 Å². The van der Waals surface area contributed by atoms with Crippen molar-refractivity contribution in [3.63, 3.8) is 0 Å². The van der Waals surface area contributed by atoms with Gasteiger partial charge in [-0.2, -0.15) is 0 Å². The molecule has 0 saturated carbocycles. The maximum atomic E-state index is 13.1. The molecule has 34 heavy (non-hydrogen) atoms. The van der Waals surface area contributed by atoms with E-state index in [4.69, 9.17) is 4.74 Å². The molecule has 0 unspecified atom stereocenters. The normalized spacial score (nSPS) is 16.1. The number of fused-ring (bicyclic) bond motifs is 2. The first-order valence-corrected chi connectivity index (χ1v) is 11.2. The number of rotatable bonds is 7. The van der Waals surface area contributed by atoms with Crippen LogP contribution in [0.2, 0.25) is 0 Å². The van der Waals surface area contributed by atoms with Gasteiger partial charge in [-0.25, -0.2) is 4.98 Å². The van der Waals surface area contributed by atoms with E-state index < -0.39 is 6.04 Å². The highest BCUT2D eigenvalue weighted by molar-refractivity contribution is 5.95. The summed E-state index contributed by atoms with van der Waals surface area (Å²) in [5.41, 5.74) is 2.68. The quantitative estimate of drug-likeness (QED) is 0.487. The van der Waals surface area contributed by atoms with Crippen molar-refractivity contribution in [3.05, 3.63) is 76.1 Å². The molecule has 0 bridgehead atoms. The number of para-hydroxylation sites is 1. The van der Waals surface area contributed by atoms with E-state index in [0.29, 0.717) is 37.2 Å². The third-order valence-corrected chi connectivity index (χ3v) is 5.93. The van der Waals surface area contributed by atoms with Crippen molar-refractivity contribution in [2.24, 2.45) is 0 Å². The summed E-state index contributed by atoms with van der Waals surface area (Å²) in [5.74, 6) is 0.313. The van der Waals surface area contributed by atoms with Crippen molar-refractivity contribution in [3.8, 4) is 5.75 Å². The number of anilines is 2. The summed E-state index contributed by atoms with van der Waals surface area (Å²) >= 11 is 0. The van der Waals surface area contributed by atoms with Crippen LogP contribution in [0.5, 0.6) is 5.75 Å². The molecule has 3 N–H and O–H groups in total. The van der Waals surface area contributed by atoms with Gasteiger partial charge in [0.1, 0.15) is 11.8 Å². The monoisotopic (exact) mass is 460 g/mol. The molecule has 2 aromatic heterocycles. The minimum Gasteiger partial charge on any atom is -0.481 e. The molecule has 5 rings (SSSR count). The van der Waals surface area contributed by atoms with Gasteiger partial charge in [-0.1, -0.05) is 18.2 Å². The lowest BCUT2D eigenvalue weighted by atomic mass is 10.1. The van der Waals surface area contributed by atoms with E-state index in [-0.39, 0.29) is 36.3 Å². The van der Waals surface area contributed by atoms with Crippen LogP contribution in [0.15, 0.2) is 53.6 Å². The summed E-state index contributed by atoms with van der Waals surface area (Å²) in [6.45, 7) is 0.663. The molecule has 0 radical (unpaired) electrons. The Morgan fingerprint density at radius 1 is 1.18 bits per heavy atom. The largest absolute Gasteiger partial charge is 0.481 e. The molecule has 0 saturated heterocycles. The van der Waals surface area contributed by atoms with Gasteiger partial charge in [0.25, 0.3) is 11.5 Å². The van der Waals surface area contributed by atoms with Crippen LogP contribution in [0.25, 0.3) is 0 Å². The second kappa shape index (κ2) is 9.34. The van der Waals surface area contributed by atoms with Crippen molar-refractivity contribution >= 4 is 23.3 Å². The minimum atomic E-state index is -0.609. The van der Waals surface area contributed by atoms with E-state index in [0.717, 1.165) is 17.0 Å². The van der Waals surface area contributed by atoms with Crippen LogP contribution in [-0.4, -0.2) is 39.5 Å². The average Bonchev–Trinajstić information content (AvgIpc) is 3.29. The SMILES string of the molecule is O=C1COc2c(CNC(=O)[C@@H]3CCc4cnc(NCCc5ccccn5)c(=O)n43)cccc2N1. The number of ether oxygens (including phenoxy) is 1. The number of amides is 2. The third kappa shape index (κ3) is 4.34. The second-order valence-electron chi connectivity index (χ2n) is 8.17.